The summed E-state index contributed by atoms with van der Waals surface area (Å²) < 4.78 is 1.76. The Morgan fingerprint density at radius 2 is 2.24 bits per heavy atom. The van der Waals surface area contributed by atoms with Crippen molar-refractivity contribution in [1.29, 1.82) is 5.26 Å². The van der Waals surface area contributed by atoms with Crippen molar-refractivity contribution in [3.63, 3.8) is 0 Å². The van der Waals surface area contributed by atoms with Crippen LogP contribution in [0.3, 0.4) is 0 Å². The van der Waals surface area contributed by atoms with E-state index >= 15 is 0 Å². The SMILES string of the molecule is CCn1nccc1C(O)C1(C#N)CCCc2ccccc21. The van der Waals surface area contributed by atoms with Crippen molar-refractivity contribution in [3.05, 3.63) is 53.3 Å². The summed E-state index contributed by atoms with van der Waals surface area (Å²) in [5.74, 6) is 0. The Morgan fingerprint density at radius 1 is 1.43 bits per heavy atom. The molecule has 0 saturated heterocycles. The molecule has 0 aliphatic heterocycles. The van der Waals surface area contributed by atoms with Gasteiger partial charge in [0.1, 0.15) is 11.5 Å². The molecule has 0 spiro atoms. The molecule has 0 radical (unpaired) electrons. The van der Waals surface area contributed by atoms with Crippen molar-refractivity contribution in [1.82, 2.24) is 9.78 Å². The monoisotopic (exact) mass is 281 g/mol. The summed E-state index contributed by atoms with van der Waals surface area (Å²) in [6.45, 7) is 2.67. The van der Waals surface area contributed by atoms with Crippen LogP contribution in [0.1, 0.15) is 42.7 Å². The molecule has 1 heterocycles. The van der Waals surface area contributed by atoms with Gasteiger partial charge < -0.3 is 5.11 Å². The van der Waals surface area contributed by atoms with Gasteiger partial charge in [0.2, 0.25) is 0 Å². The topological polar surface area (TPSA) is 61.8 Å². The number of hydrogen-bond acceptors (Lipinski definition) is 3. The number of hydrogen-bond donors (Lipinski definition) is 1. The lowest BCUT2D eigenvalue weighted by Crippen LogP contribution is -2.37. The van der Waals surface area contributed by atoms with Crippen LogP contribution in [0.5, 0.6) is 0 Å². The summed E-state index contributed by atoms with van der Waals surface area (Å²) in [5, 5.41) is 25.1. The van der Waals surface area contributed by atoms with Crippen molar-refractivity contribution in [3.8, 4) is 6.07 Å². The summed E-state index contributed by atoms with van der Waals surface area (Å²) in [7, 11) is 0. The van der Waals surface area contributed by atoms with Crippen molar-refractivity contribution < 1.29 is 5.11 Å². The summed E-state index contributed by atoms with van der Waals surface area (Å²) in [6, 6.07) is 12.2. The molecule has 21 heavy (non-hydrogen) atoms. The molecule has 108 valence electrons. The first-order valence-corrected chi connectivity index (χ1v) is 7.42. The molecule has 4 nitrogen and oxygen atoms in total. The first-order chi connectivity index (χ1) is 10.2. The van der Waals surface area contributed by atoms with Crippen molar-refractivity contribution in [2.45, 2.75) is 44.2 Å². The molecule has 3 rings (SSSR count). The number of nitriles is 1. The second-order valence-corrected chi connectivity index (χ2v) is 5.57. The lowest BCUT2D eigenvalue weighted by molar-refractivity contribution is 0.0909. The van der Waals surface area contributed by atoms with Crippen LogP contribution in [-0.4, -0.2) is 14.9 Å². The van der Waals surface area contributed by atoms with Crippen LogP contribution in [0.25, 0.3) is 0 Å². The van der Waals surface area contributed by atoms with Gasteiger partial charge in [-0.1, -0.05) is 24.3 Å². The van der Waals surface area contributed by atoms with Crippen molar-refractivity contribution >= 4 is 0 Å². The number of benzene rings is 1. The van der Waals surface area contributed by atoms with Gasteiger partial charge in [0.05, 0.1) is 11.8 Å². The van der Waals surface area contributed by atoms with E-state index in [0.717, 1.165) is 24.1 Å². The average molecular weight is 281 g/mol. The third kappa shape index (κ3) is 2.05. The molecule has 2 unspecified atom stereocenters. The van der Waals surface area contributed by atoms with Gasteiger partial charge in [-0.05, 0) is 43.4 Å². The zero-order valence-corrected chi connectivity index (χ0v) is 12.2. The van der Waals surface area contributed by atoms with Crippen LogP contribution < -0.4 is 0 Å². The quantitative estimate of drug-likeness (QED) is 0.941. The van der Waals surface area contributed by atoms with E-state index in [4.69, 9.17) is 0 Å². The fourth-order valence-corrected chi connectivity index (χ4v) is 3.42. The maximum Gasteiger partial charge on any atom is 0.118 e. The van der Waals surface area contributed by atoms with Gasteiger partial charge in [0, 0.05) is 12.7 Å². The van der Waals surface area contributed by atoms with Crippen LogP contribution in [0, 0.1) is 11.3 Å². The molecule has 4 heteroatoms. The zero-order valence-electron chi connectivity index (χ0n) is 12.2. The summed E-state index contributed by atoms with van der Waals surface area (Å²) in [6.07, 6.45) is 3.39. The van der Waals surface area contributed by atoms with Gasteiger partial charge >= 0.3 is 0 Å². The maximum atomic E-state index is 11.0. The molecule has 1 aliphatic carbocycles. The highest BCUT2D eigenvalue weighted by Crippen LogP contribution is 2.45. The highest BCUT2D eigenvalue weighted by atomic mass is 16.3. The summed E-state index contributed by atoms with van der Waals surface area (Å²) in [5.41, 5.74) is 1.99. The fraction of sp³-hybridized carbons (Fsp3) is 0.412. The van der Waals surface area contributed by atoms with E-state index in [1.54, 1.807) is 10.9 Å². The van der Waals surface area contributed by atoms with Gasteiger partial charge in [0.25, 0.3) is 0 Å². The van der Waals surface area contributed by atoms with Crippen LogP contribution in [0.2, 0.25) is 0 Å². The Morgan fingerprint density at radius 3 is 3.00 bits per heavy atom. The van der Waals surface area contributed by atoms with E-state index in [0.29, 0.717) is 13.0 Å². The standard InChI is InChI=1S/C17H19N3O/c1-2-20-15(9-11-19-20)16(21)17(12-18)10-5-7-13-6-3-4-8-14(13)17/h3-4,6,8-9,11,16,21H,2,5,7,10H2,1H3. The van der Waals surface area contributed by atoms with Crippen LogP contribution in [0.4, 0.5) is 0 Å². The molecule has 0 bridgehead atoms. The van der Waals surface area contributed by atoms with Crippen LogP contribution >= 0.6 is 0 Å². The second-order valence-electron chi connectivity index (χ2n) is 5.57. The Labute approximate surface area is 124 Å². The molecule has 0 fully saturated rings. The van der Waals surface area contributed by atoms with Crippen molar-refractivity contribution in [2.24, 2.45) is 0 Å². The molecule has 1 N–H and O–H groups in total. The minimum Gasteiger partial charge on any atom is -0.385 e. The van der Waals surface area contributed by atoms with E-state index in [-0.39, 0.29) is 0 Å². The molecule has 2 atom stereocenters. The third-order valence-electron chi connectivity index (χ3n) is 4.51. The minimum atomic E-state index is -0.873. The van der Waals surface area contributed by atoms with Gasteiger partial charge in [0.15, 0.2) is 0 Å². The molecule has 0 amide bonds. The Balaban J connectivity index is 2.13. The molecule has 2 aromatic rings. The van der Waals surface area contributed by atoms with E-state index in [1.165, 1.54) is 5.56 Å². The summed E-state index contributed by atoms with van der Waals surface area (Å²) in [4.78, 5) is 0. The highest BCUT2D eigenvalue weighted by Gasteiger charge is 2.45. The maximum absolute atomic E-state index is 11.0. The third-order valence-corrected chi connectivity index (χ3v) is 4.51. The van der Waals surface area contributed by atoms with Gasteiger partial charge in [-0.25, -0.2) is 0 Å². The lowest BCUT2D eigenvalue weighted by atomic mass is 9.67. The first-order valence-electron chi connectivity index (χ1n) is 7.42. The zero-order chi connectivity index (χ0) is 14.9. The Kier molecular flexibility index (Phi) is 3.52. The summed E-state index contributed by atoms with van der Waals surface area (Å²) >= 11 is 0. The predicted molar refractivity (Wildman–Crippen MR) is 79.5 cm³/mol. The lowest BCUT2D eigenvalue weighted by Gasteiger charge is -2.37. The molecule has 1 aromatic heterocycles. The van der Waals surface area contributed by atoms with Gasteiger partial charge in [-0.2, -0.15) is 10.4 Å². The van der Waals surface area contributed by atoms with Gasteiger partial charge in [-0.3, -0.25) is 4.68 Å². The number of fused-ring (bicyclic) bond motifs is 1. The molecular weight excluding hydrogens is 262 g/mol. The molecule has 1 aliphatic rings. The van der Waals surface area contributed by atoms with E-state index in [2.05, 4.69) is 17.2 Å². The van der Waals surface area contributed by atoms with E-state index < -0.39 is 11.5 Å². The normalized spacial score (nSPS) is 22.3. The second kappa shape index (κ2) is 5.34. The van der Waals surface area contributed by atoms with E-state index in [9.17, 15) is 10.4 Å². The predicted octanol–water partition coefficient (Wildman–Crippen LogP) is 2.73. The number of aromatic nitrogens is 2. The largest absolute Gasteiger partial charge is 0.385 e. The highest BCUT2D eigenvalue weighted by molar-refractivity contribution is 5.44. The minimum absolute atomic E-state index is 0.677. The Bertz CT molecular complexity index is 685. The molecule has 0 saturated carbocycles. The molecule has 1 aromatic carbocycles. The number of aliphatic hydroxyl groups excluding tert-OH is 1. The average Bonchev–Trinajstić information content (AvgIpc) is 3.02. The Hall–Kier alpha value is -2.12. The van der Waals surface area contributed by atoms with Crippen LogP contribution in [0.15, 0.2) is 36.5 Å². The fourth-order valence-electron chi connectivity index (χ4n) is 3.42. The van der Waals surface area contributed by atoms with Gasteiger partial charge in [-0.15, -0.1) is 0 Å². The number of aliphatic hydroxyl groups is 1. The van der Waals surface area contributed by atoms with Crippen molar-refractivity contribution in [2.75, 3.05) is 0 Å². The number of aryl methyl sites for hydroxylation is 2. The number of rotatable bonds is 3. The smallest absolute Gasteiger partial charge is 0.118 e. The first kappa shape index (κ1) is 13.8. The molecular formula is C17H19N3O. The van der Waals surface area contributed by atoms with Crippen LogP contribution in [-0.2, 0) is 18.4 Å². The number of nitrogens with zero attached hydrogens (tertiary/aromatic N) is 3. The van der Waals surface area contributed by atoms with E-state index in [1.807, 2.05) is 31.2 Å².